The fraction of sp³-hybridized carbons (Fsp3) is 0.300. The highest BCUT2D eigenvalue weighted by atomic mass is 35.5. The third kappa shape index (κ3) is 5.08. The molecule has 2 heterocycles. The van der Waals surface area contributed by atoms with Crippen LogP contribution in [0.1, 0.15) is 28.9 Å². The Balaban J connectivity index is 0.00000210. The first-order valence-electron chi connectivity index (χ1n) is 8.83. The lowest BCUT2D eigenvalue weighted by molar-refractivity contribution is 0.148. The third-order valence-corrected chi connectivity index (χ3v) is 4.88. The van der Waals surface area contributed by atoms with Crippen molar-refractivity contribution in [2.75, 3.05) is 19.6 Å². The number of hydrogen-bond donors (Lipinski definition) is 1. The van der Waals surface area contributed by atoms with Crippen LogP contribution in [0.5, 0.6) is 0 Å². The average Bonchev–Trinajstić information content (AvgIpc) is 3.10. The van der Waals surface area contributed by atoms with E-state index in [9.17, 15) is 0 Å². The van der Waals surface area contributed by atoms with Crippen LogP contribution in [0.25, 0.3) is 0 Å². The normalized spacial score (nSPS) is 17.4. The maximum Gasteiger partial charge on any atom is 0.231 e. The van der Waals surface area contributed by atoms with Gasteiger partial charge in [-0.2, -0.15) is 4.98 Å². The van der Waals surface area contributed by atoms with Crippen LogP contribution in [-0.2, 0) is 13.0 Å². The lowest BCUT2D eigenvalue weighted by Crippen LogP contribution is -2.45. The minimum absolute atomic E-state index is 0. The third-order valence-electron chi connectivity index (χ3n) is 4.64. The van der Waals surface area contributed by atoms with Gasteiger partial charge in [0.15, 0.2) is 5.82 Å². The zero-order valence-electron chi connectivity index (χ0n) is 14.8. The summed E-state index contributed by atoms with van der Waals surface area (Å²) in [7, 11) is 0. The Morgan fingerprint density at radius 2 is 2.00 bits per heavy atom. The predicted octanol–water partition coefficient (Wildman–Crippen LogP) is 3.88. The van der Waals surface area contributed by atoms with Crippen molar-refractivity contribution in [1.29, 1.82) is 0 Å². The van der Waals surface area contributed by atoms with Crippen LogP contribution in [0, 0.1) is 0 Å². The fourth-order valence-corrected chi connectivity index (χ4v) is 3.56. The summed E-state index contributed by atoms with van der Waals surface area (Å²) in [5, 5.41) is 8.40. The molecule has 0 amide bonds. The largest absolute Gasteiger partial charge is 0.339 e. The van der Waals surface area contributed by atoms with E-state index in [1.807, 2.05) is 36.4 Å². The molecule has 1 atom stereocenters. The van der Waals surface area contributed by atoms with Crippen LogP contribution in [0.15, 0.2) is 59.1 Å². The predicted molar refractivity (Wildman–Crippen MR) is 108 cm³/mol. The van der Waals surface area contributed by atoms with Crippen LogP contribution in [0.2, 0.25) is 5.02 Å². The molecule has 5 nitrogen and oxygen atoms in total. The highest BCUT2D eigenvalue weighted by molar-refractivity contribution is 6.30. The highest BCUT2D eigenvalue weighted by Gasteiger charge is 2.25. The van der Waals surface area contributed by atoms with Gasteiger partial charge >= 0.3 is 0 Å². The molecule has 1 aliphatic heterocycles. The molecular formula is C20H22Cl2N4O. The highest BCUT2D eigenvalue weighted by Crippen LogP contribution is 2.25. The first-order valence-corrected chi connectivity index (χ1v) is 9.21. The van der Waals surface area contributed by atoms with Crippen molar-refractivity contribution in [2.45, 2.75) is 19.0 Å². The minimum Gasteiger partial charge on any atom is -0.339 e. The van der Waals surface area contributed by atoms with E-state index in [4.69, 9.17) is 16.1 Å². The second kappa shape index (κ2) is 9.33. The van der Waals surface area contributed by atoms with Gasteiger partial charge in [0, 0.05) is 30.7 Å². The molecule has 0 aliphatic carbocycles. The Morgan fingerprint density at radius 3 is 2.81 bits per heavy atom. The van der Waals surface area contributed by atoms with Crippen molar-refractivity contribution in [3.05, 3.63) is 82.5 Å². The van der Waals surface area contributed by atoms with Crippen molar-refractivity contribution in [3.8, 4) is 0 Å². The van der Waals surface area contributed by atoms with E-state index in [1.165, 1.54) is 11.1 Å². The Bertz CT molecular complexity index is 856. The molecule has 142 valence electrons. The number of hydrogen-bond acceptors (Lipinski definition) is 5. The maximum atomic E-state index is 6.17. The first kappa shape index (κ1) is 19.8. The molecule has 4 rings (SSSR count). The van der Waals surface area contributed by atoms with Gasteiger partial charge in [-0.1, -0.05) is 59.2 Å². The summed E-state index contributed by atoms with van der Waals surface area (Å²) in [6.07, 6.45) is 0.660. The van der Waals surface area contributed by atoms with Crippen molar-refractivity contribution < 1.29 is 4.52 Å². The molecule has 3 aromatic rings. The van der Waals surface area contributed by atoms with Crippen LogP contribution >= 0.6 is 24.0 Å². The van der Waals surface area contributed by atoms with Gasteiger partial charge in [0.2, 0.25) is 5.89 Å². The number of aromatic nitrogens is 2. The zero-order chi connectivity index (χ0) is 17.8. The lowest BCUT2D eigenvalue weighted by atomic mass is 10.0. The lowest BCUT2D eigenvalue weighted by Gasteiger charge is -2.35. The van der Waals surface area contributed by atoms with Crippen LogP contribution in [0.4, 0.5) is 0 Å². The second-order valence-corrected chi connectivity index (χ2v) is 6.95. The van der Waals surface area contributed by atoms with Crippen LogP contribution in [0.3, 0.4) is 0 Å². The average molecular weight is 405 g/mol. The van der Waals surface area contributed by atoms with E-state index in [2.05, 4.69) is 38.6 Å². The molecule has 0 radical (unpaired) electrons. The summed E-state index contributed by atoms with van der Waals surface area (Å²) >= 11 is 6.17. The monoisotopic (exact) mass is 404 g/mol. The quantitative estimate of drug-likeness (QED) is 0.698. The molecule has 27 heavy (non-hydrogen) atoms. The Hall–Kier alpha value is -1.92. The SMILES string of the molecule is Cl.Clc1cccc(C2CNCCN2Cc2noc(Cc3ccccc3)n2)c1. The molecule has 1 fully saturated rings. The van der Waals surface area contributed by atoms with E-state index >= 15 is 0 Å². The van der Waals surface area contributed by atoms with Gasteiger partial charge in [0.25, 0.3) is 0 Å². The van der Waals surface area contributed by atoms with Crippen molar-refractivity contribution >= 4 is 24.0 Å². The summed E-state index contributed by atoms with van der Waals surface area (Å²) in [5.74, 6) is 1.38. The van der Waals surface area contributed by atoms with E-state index in [0.29, 0.717) is 18.9 Å². The van der Waals surface area contributed by atoms with Crippen molar-refractivity contribution in [2.24, 2.45) is 0 Å². The fourth-order valence-electron chi connectivity index (χ4n) is 3.36. The van der Waals surface area contributed by atoms with Gasteiger partial charge in [0.1, 0.15) is 0 Å². The van der Waals surface area contributed by atoms with Gasteiger partial charge in [-0.05, 0) is 23.3 Å². The number of halogens is 2. The molecule has 1 aromatic heterocycles. The molecule has 7 heteroatoms. The molecule has 0 bridgehead atoms. The summed E-state index contributed by atoms with van der Waals surface area (Å²) < 4.78 is 5.45. The van der Waals surface area contributed by atoms with Crippen molar-refractivity contribution in [1.82, 2.24) is 20.4 Å². The minimum atomic E-state index is 0. The Labute approximate surface area is 170 Å². The topological polar surface area (TPSA) is 54.2 Å². The maximum absolute atomic E-state index is 6.17. The Kier molecular flexibility index (Phi) is 6.85. The van der Waals surface area contributed by atoms with Crippen LogP contribution < -0.4 is 5.32 Å². The van der Waals surface area contributed by atoms with Crippen molar-refractivity contribution in [3.63, 3.8) is 0 Å². The van der Waals surface area contributed by atoms with Crippen LogP contribution in [-0.4, -0.2) is 34.7 Å². The number of nitrogens with one attached hydrogen (secondary N) is 1. The van der Waals surface area contributed by atoms with Gasteiger partial charge in [-0.25, -0.2) is 0 Å². The molecule has 0 saturated carbocycles. The van der Waals surface area contributed by atoms with E-state index in [1.54, 1.807) is 0 Å². The molecule has 1 aliphatic rings. The zero-order valence-corrected chi connectivity index (χ0v) is 16.4. The van der Waals surface area contributed by atoms with E-state index in [-0.39, 0.29) is 18.4 Å². The van der Waals surface area contributed by atoms with E-state index < -0.39 is 0 Å². The molecule has 2 aromatic carbocycles. The number of piperazine rings is 1. The van der Waals surface area contributed by atoms with Gasteiger partial charge in [0.05, 0.1) is 13.0 Å². The number of nitrogens with zero attached hydrogens (tertiary/aromatic N) is 3. The standard InChI is InChI=1S/C20H21ClN4O.ClH/c21-17-8-4-7-16(12-17)18-13-22-9-10-25(18)14-19-23-20(26-24-19)11-15-5-2-1-3-6-15;/h1-8,12,18,22H,9-11,13-14H2;1H. The first-order chi connectivity index (χ1) is 12.8. The number of benzene rings is 2. The molecule has 0 spiro atoms. The smallest absolute Gasteiger partial charge is 0.231 e. The molecular weight excluding hydrogens is 383 g/mol. The second-order valence-electron chi connectivity index (χ2n) is 6.51. The molecule has 1 unspecified atom stereocenters. The molecule has 1 saturated heterocycles. The Morgan fingerprint density at radius 1 is 1.15 bits per heavy atom. The molecule has 1 N–H and O–H groups in total. The summed E-state index contributed by atoms with van der Waals surface area (Å²) in [6.45, 7) is 3.43. The summed E-state index contributed by atoms with van der Waals surface area (Å²) in [6, 6.07) is 18.5. The van der Waals surface area contributed by atoms with E-state index in [0.717, 1.165) is 30.5 Å². The summed E-state index contributed by atoms with van der Waals surface area (Å²) in [4.78, 5) is 6.95. The van der Waals surface area contributed by atoms with Gasteiger partial charge < -0.3 is 9.84 Å². The van der Waals surface area contributed by atoms with Gasteiger partial charge in [-0.3, -0.25) is 4.90 Å². The van der Waals surface area contributed by atoms with Gasteiger partial charge in [-0.15, -0.1) is 12.4 Å². The number of rotatable bonds is 5. The summed E-state index contributed by atoms with van der Waals surface area (Å²) in [5.41, 5.74) is 2.37.